The number of amides is 1. The average molecular weight is 434 g/mol. The third-order valence-corrected chi connectivity index (χ3v) is 4.86. The summed E-state index contributed by atoms with van der Waals surface area (Å²) in [6.45, 7) is 4.16. The summed E-state index contributed by atoms with van der Waals surface area (Å²) in [4.78, 5) is 23.7. The summed E-state index contributed by atoms with van der Waals surface area (Å²) in [6, 6.07) is 1.67. The van der Waals surface area contributed by atoms with Crippen molar-refractivity contribution in [2.75, 3.05) is 40.0 Å². The maximum absolute atomic E-state index is 12.4. The number of carbonyl (C=O) groups is 2. The van der Waals surface area contributed by atoms with E-state index in [1.165, 1.54) is 12.4 Å². The molecule has 0 aromatic carbocycles. The van der Waals surface area contributed by atoms with Crippen LogP contribution in [-0.2, 0) is 14.3 Å². The number of ether oxygens (including phenoxy) is 2. The molecule has 12 heteroatoms. The van der Waals surface area contributed by atoms with Crippen molar-refractivity contribution in [3.05, 3.63) is 24.0 Å². The van der Waals surface area contributed by atoms with Crippen LogP contribution in [0.5, 0.6) is 0 Å². The molecule has 2 saturated heterocycles. The second-order valence-corrected chi connectivity index (χ2v) is 7.00. The first kappa shape index (κ1) is 24.0. The van der Waals surface area contributed by atoms with Crippen LogP contribution in [0.2, 0.25) is 0 Å². The van der Waals surface area contributed by atoms with Crippen molar-refractivity contribution in [1.29, 1.82) is 0 Å². The number of alkyl halides is 3. The Morgan fingerprint density at radius 1 is 1.37 bits per heavy atom. The van der Waals surface area contributed by atoms with E-state index in [0.29, 0.717) is 18.1 Å². The summed E-state index contributed by atoms with van der Waals surface area (Å²) in [5.41, 5.74) is 0.529. The number of aliphatic carboxylic acids is 1. The third-order valence-electron chi connectivity index (χ3n) is 4.86. The van der Waals surface area contributed by atoms with Gasteiger partial charge in [0.1, 0.15) is 0 Å². The SMILES string of the molecule is COCCN1C[C@@H]2CCCO[C@@H]2[C@H](NC(=O)c2ccnnc2)C1.O=C(O)C(F)(F)F. The topological polar surface area (TPSA) is 114 Å². The number of carbonyl (C=O) groups excluding carboxylic acids is 1. The van der Waals surface area contributed by atoms with E-state index in [1.807, 2.05) is 0 Å². The van der Waals surface area contributed by atoms with Gasteiger partial charge in [-0.3, -0.25) is 9.69 Å². The van der Waals surface area contributed by atoms with Gasteiger partial charge in [-0.05, 0) is 24.8 Å². The van der Waals surface area contributed by atoms with Gasteiger partial charge in [0.25, 0.3) is 5.91 Å². The van der Waals surface area contributed by atoms with Crippen molar-refractivity contribution in [3.8, 4) is 0 Å². The highest BCUT2D eigenvalue weighted by atomic mass is 19.4. The molecule has 3 atom stereocenters. The zero-order chi connectivity index (χ0) is 22.1. The number of piperidine rings is 1. The fourth-order valence-electron chi connectivity index (χ4n) is 3.50. The van der Waals surface area contributed by atoms with E-state index >= 15 is 0 Å². The fourth-order valence-corrected chi connectivity index (χ4v) is 3.50. The Hall–Kier alpha value is -2.31. The predicted octanol–water partition coefficient (Wildman–Crippen LogP) is 0.966. The number of methoxy groups -OCH3 is 1. The summed E-state index contributed by atoms with van der Waals surface area (Å²) in [7, 11) is 1.71. The average Bonchev–Trinajstić information content (AvgIpc) is 2.72. The summed E-state index contributed by atoms with van der Waals surface area (Å²) in [5, 5.41) is 17.7. The number of likely N-dealkylation sites (tertiary alicyclic amines) is 1. The van der Waals surface area contributed by atoms with Crippen molar-refractivity contribution in [1.82, 2.24) is 20.4 Å². The Balaban J connectivity index is 0.000000396. The van der Waals surface area contributed by atoms with Crippen molar-refractivity contribution in [2.45, 2.75) is 31.2 Å². The maximum Gasteiger partial charge on any atom is 0.490 e. The number of halogens is 3. The highest BCUT2D eigenvalue weighted by Crippen LogP contribution is 2.28. The minimum absolute atomic E-state index is 0.00780. The molecular formula is C18H25F3N4O5. The molecule has 1 aromatic rings. The maximum atomic E-state index is 12.4. The number of nitrogens with one attached hydrogen (secondary N) is 1. The molecule has 0 saturated carbocycles. The van der Waals surface area contributed by atoms with Gasteiger partial charge in [-0.15, -0.1) is 0 Å². The number of carboxylic acids is 1. The van der Waals surface area contributed by atoms with E-state index < -0.39 is 12.1 Å². The van der Waals surface area contributed by atoms with Crippen LogP contribution in [0.3, 0.4) is 0 Å². The lowest BCUT2D eigenvalue weighted by Crippen LogP contribution is -2.61. The van der Waals surface area contributed by atoms with Crippen molar-refractivity contribution >= 4 is 11.9 Å². The molecule has 0 radical (unpaired) electrons. The van der Waals surface area contributed by atoms with Crippen LogP contribution in [0.4, 0.5) is 13.2 Å². The van der Waals surface area contributed by atoms with Gasteiger partial charge in [0.2, 0.25) is 0 Å². The van der Waals surface area contributed by atoms with Gasteiger partial charge >= 0.3 is 12.1 Å². The number of fused-ring (bicyclic) bond motifs is 1. The van der Waals surface area contributed by atoms with Crippen LogP contribution in [0.1, 0.15) is 23.2 Å². The van der Waals surface area contributed by atoms with Crippen LogP contribution in [0.25, 0.3) is 0 Å². The number of aromatic nitrogens is 2. The zero-order valence-electron chi connectivity index (χ0n) is 16.5. The third kappa shape index (κ3) is 7.18. The van der Waals surface area contributed by atoms with E-state index in [1.54, 1.807) is 13.2 Å². The second-order valence-electron chi connectivity index (χ2n) is 7.00. The van der Waals surface area contributed by atoms with Gasteiger partial charge in [0.15, 0.2) is 0 Å². The fraction of sp³-hybridized carbons (Fsp3) is 0.667. The molecule has 2 fully saturated rings. The zero-order valence-corrected chi connectivity index (χ0v) is 16.5. The van der Waals surface area contributed by atoms with Gasteiger partial charge in [0.05, 0.1) is 36.7 Å². The smallest absolute Gasteiger partial charge is 0.475 e. The van der Waals surface area contributed by atoms with E-state index in [9.17, 15) is 18.0 Å². The van der Waals surface area contributed by atoms with Gasteiger partial charge in [-0.25, -0.2) is 4.79 Å². The lowest BCUT2D eigenvalue weighted by molar-refractivity contribution is -0.192. The number of hydrogen-bond acceptors (Lipinski definition) is 7. The van der Waals surface area contributed by atoms with E-state index in [-0.39, 0.29) is 18.1 Å². The molecule has 3 rings (SSSR count). The number of carboxylic acid groups (broad SMARTS) is 1. The largest absolute Gasteiger partial charge is 0.490 e. The summed E-state index contributed by atoms with van der Waals surface area (Å²) in [5.74, 6) is -2.41. The van der Waals surface area contributed by atoms with Gasteiger partial charge < -0.3 is 19.9 Å². The molecule has 0 unspecified atom stereocenters. The van der Waals surface area contributed by atoms with Crippen LogP contribution >= 0.6 is 0 Å². The Morgan fingerprint density at radius 2 is 2.10 bits per heavy atom. The van der Waals surface area contributed by atoms with Crippen molar-refractivity contribution < 1.29 is 37.3 Å². The molecule has 9 nitrogen and oxygen atoms in total. The lowest BCUT2D eigenvalue weighted by Gasteiger charge is -2.46. The molecule has 1 aromatic heterocycles. The Bertz CT molecular complexity index is 692. The molecular weight excluding hydrogens is 409 g/mol. The quantitative estimate of drug-likeness (QED) is 0.705. The first-order valence-corrected chi connectivity index (χ1v) is 9.43. The standard InChI is InChI=1S/C16H24N4O3.C2HF3O2/c1-22-8-6-20-10-13-3-2-7-23-15(13)14(11-20)19-16(21)12-4-5-17-18-9-12;3-2(4,5)1(6)7/h4-5,9,13-15H,2-3,6-8,10-11H2,1H3,(H,19,21);(H,6,7)/t13-,14+,15-;/m0./s1. The minimum Gasteiger partial charge on any atom is -0.475 e. The molecule has 2 aliphatic heterocycles. The van der Waals surface area contributed by atoms with Crippen LogP contribution in [-0.4, -0.2) is 90.4 Å². The molecule has 2 N–H and O–H groups in total. The van der Waals surface area contributed by atoms with Gasteiger partial charge in [-0.1, -0.05) is 0 Å². The Kier molecular flexibility index (Phi) is 8.93. The second kappa shape index (κ2) is 11.2. The molecule has 0 bridgehead atoms. The predicted molar refractivity (Wildman–Crippen MR) is 97.8 cm³/mol. The van der Waals surface area contributed by atoms with Crippen molar-refractivity contribution in [3.63, 3.8) is 0 Å². The van der Waals surface area contributed by atoms with Gasteiger partial charge in [0, 0.05) is 33.4 Å². The number of nitrogens with zero attached hydrogens (tertiary/aromatic N) is 3. The van der Waals surface area contributed by atoms with Crippen molar-refractivity contribution in [2.24, 2.45) is 5.92 Å². The molecule has 168 valence electrons. The van der Waals surface area contributed by atoms with Crippen LogP contribution in [0, 0.1) is 5.92 Å². The minimum atomic E-state index is -5.08. The molecule has 1 amide bonds. The Morgan fingerprint density at radius 3 is 2.70 bits per heavy atom. The molecule has 30 heavy (non-hydrogen) atoms. The van der Waals surface area contributed by atoms with Gasteiger partial charge in [-0.2, -0.15) is 23.4 Å². The van der Waals surface area contributed by atoms with E-state index in [4.69, 9.17) is 19.4 Å². The lowest BCUT2D eigenvalue weighted by atomic mass is 9.85. The molecule has 0 aliphatic carbocycles. The first-order valence-electron chi connectivity index (χ1n) is 9.43. The molecule has 0 spiro atoms. The highest BCUT2D eigenvalue weighted by Gasteiger charge is 2.40. The highest BCUT2D eigenvalue weighted by molar-refractivity contribution is 5.94. The van der Waals surface area contributed by atoms with Crippen LogP contribution < -0.4 is 5.32 Å². The monoisotopic (exact) mass is 434 g/mol. The molecule has 2 aliphatic rings. The first-order chi connectivity index (χ1) is 14.2. The van der Waals surface area contributed by atoms with E-state index in [2.05, 4.69) is 20.4 Å². The van der Waals surface area contributed by atoms with E-state index in [0.717, 1.165) is 39.1 Å². The summed E-state index contributed by atoms with van der Waals surface area (Å²) >= 11 is 0. The Labute approximate surface area is 171 Å². The normalized spacial score (nSPS) is 24.2. The number of rotatable bonds is 5. The van der Waals surface area contributed by atoms with Crippen LogP contribution in [0.15, 0.2) is 18.5 Å². The number of hydrogen-bond donors (Lipinski definition) is 2. The summed E-state index contributed by atoms with van der Waals surface area (Å²) in [6.07, 6.45) is 0.271. The molecule has 3 heterocycles. The summed E-state index contributed by atoms with van der Waals surface area (Å²) < 4.78 is 42.9.